The molecule has 2 N–H and O–H groups in total. The molecule has 3 nitrogen and oxygen atoms in total. The first-order valence-electron chi connectivity index (χ1n) is 9.12. The molecule has 0 saturated carbocycles. The molecule has 0 bridgehead atoms. The van der Waals surface area contributed by atoms with Crippen LogP contribution in [0.4, 0.5) is 13.2 Å². The molecule has 0 heterocycles. The first kappa shape index (κ1) is 20.7. The van der Waals surface area contributed by atoms with Gasteiger partial charge < -0.3 is 15.2 Å². The fourth-order valence-electron chi connectivity index (χ4n) is 3.19. The number of ether oxygens (including phenoxy) is 2. The van der Waals surface area contributed by atoms with Crippen molar-refractivity contribution in [1.29, 1.82) is 0 Å². The van der Waals surface area contributed by atoms with Gasteiger partial charge in [-0.3, -0.25) is 0 Å². The van der Waals surface area contributed by atoms with Gasteiger partial charge in [0.15, 0.2) is 0 Å². The molecule has 6 heteroatoms. The molecule has 0 fully saturated rings. The molecule has 3 aromatic rings. The lowest BCUT2D eigenvalue weighted by atomic mass is 9.95. The van der Waals surface area contributed by atoms with E-state index in [4.69, 9.17) is 10.5 Å². The van der Waals surface area contributed by atoms with E-state index in [1.165, 1.54) is 24.3 Å². The smallest absolute Gasteiger partial charge is 0.488 e. The van der Waals surface area contributed by atoms with Gasteiger partial charge in [-0.2, -0.15) is 0 Å². The summed E-state index contributed by atoms with van der Waals surface area (Å²) in [7, 11) is 0. The fourth-order valence-corrected chi connectivity index (χ4v) is 3.19. The molecule has 0 aliphatic rings. The first-order valence-corrected chi connectivity index (χ1v) is 9.12. The summed E-state index contributed by atoms with van der Waals surface area (Å²) in [5.41, 5.74) is 10.9. The second-order valence-electron chi connectivity index (χ2n) is 6.85. The van der Waals surface area contributed by atoms with Crippen molar-refractivity contribution in [2.75, 3.05) is 0 Å². The lowest BCUT2D eigenvalue weighted by Crippen LogP contribution is -2.17. The maximum absolute atomic E-state index is 12.3. The quantitative estimate of drug-likeness (QED) is 0.565. The number of benzene rings is 3. The second-order valence-corrected chi connectivity index (χ2v) is 6.85. The van der Waals surface area contributed by atoms with Gasteiger partial charge in [0, 0.05) is 0 Å². The highest BCUT2D eigenvalue weighted by Crippen LogP contribution is 2.31. The number of alkyl halides is 3. The molecular formula is C23H22F3NO2. The average molecular weight is 401 g/mol. The van der Waals surface area contributed by atoms with Crippen molar-refractivity contribution in [3.05, 3.63) is 94.5 Å². The summed E-state index contributed by atoms with van der Waals surface area (Å²) in [6, 6.07) is 18.9. The van der Waals surface area contributed by atoms with Crippen LogP contribution in [0.3, 0.4) is 0 Å². The van der Waals surface area contributed by atoms with Gasteiger partial charge in [0.1, 0.15) is 18.1 Å². The Morgan fingerprint density at radius 3 is 2.00 bits per heavy atom. The van der Waals surface area contributed by atoms with Crippen LogP contribution in [0.2, 0.25) is 0 Å². The summed E-state index contributed by atoms with van der Waals surface area (Å²) in [6.45, 7) is 4.36. The molecule has 1 atom stereocenters. The summed E-state index contributed by atoms with van der Waals surface area (Å²) in [4.78, 5) is 0. The Hall–Kier alpha value is -2.99. The van der Waals surface area contributed by atoms with E-state index in [-0.39, 0.29) is 5.75 Å². The zero-order valence-corrected chi connectivity index (χ0v) is 16.2. The minimum absolute atomic E-state index is 0.273. The number of halogens is 3. The predicted octanol–water partition coefficient (Wildman–Crippen LogP) is 5.83. The van der Waals surface area contributed by atoms with Gasteiger partial charge in [-0.15, -0.1) is 13.2 Å². The van der Waals surface area contributed by atoms with Crippen molar-refractivity contribution in [2.24, 2.45) is 5.73 Å². The third-order valence-electron chi connectivity index (χ3n) is 4.54. The zero-order chi connectivity index (χ0) is 21.0. The van der Waals surface area contributed by atoms with Crippen molar-refractivity contribution in [3.63, 3.8) is 0 Å². The van der Waals surface area contributed by atoms with E-state index in [1.807, 2.05) is 56.3 Å². The van der Waals surface area contributed by atoms with Gasteiger partial charge in [-0.25, -0.2) is 0 Å². The van der Waals surface area contributed by atoms with Gasteiger partial charge in [0.05, 0.1) is 6.04 Å². The maximum Gasteiger partial charge on any atom is 0.573 e. The molecule has 0 radical (unpaired) electrons. The molecule has 152 valence electrons. The molecular weight excluding hydrogens is 379 g/mol. The van der Waals surface area contributed by atoms with Gasteiger partial charge in [-0.1, -0.05) is 54.6 Å². The zero-order valence-electron chi connectivity index (χ0n) is 16.2. The van der Waals surface area contributed by atoms with Crippen LogP contribution in [0.1, 0.15) is 33.9 Å². The van der Waals surface area contributed by atoms with E-state index in [2.05, 4.69) is 4.74 Å². The van der Waals surface area contributed by atoms with Crippen LogP contribution in [0, 0.1) is 13.8 Å². The Labute approximate surface area is 167 Å². The molecule has 0 spiro atoms. The summed E-state index contributed by atoms with van der Waals surface area (Å²) >= 11 is 0. The summed E-state index contributed by atoms with van der Waals surface area (Å²) < 4.78 is 46.8. The highest BCUT2D eigenvalue weighted by atomic mass is 19.4. The van der Waals surface area contributed by atoms with Gasteiger partial charge >= 0.3 is 6.36 Å². The second kappa shape index (κ2) is 8.57. The van der Waals surface area contributed by atoms with Crippen molar-refractivity contribution >= 4 is 0 Å². The van der Waals surface area contributed by atoms with Crippen LogP contribution in [0.25, 0.3) is 0 Å². The SMILES string of the molecule is Cc1cc([C@@H](N)c2ccc(OC(F)(F)F)cc2)cc(C)c1OCc1ccccc1. The number of hydrogen-bond donors (Lipinski definition) is 1. The highest BCUT2D eigenvalue weighted by molar-refractivity contribution is 5.46. The van der Waals surface area contributed by atoms with E-state index in [0.29, 0.717) is 12.2 Å². The fraction of sp³-hybridized carbons (Fsp3) is 0.217. The van der Waals surface area contributed by atoms with Crippen LogP contribution < -0.4 is 15.2 Å². The summed E-state index contributed by atoms with van der Waals surface area (Å²) in [6.07, 6.45) is -4.71. The van der Waals surface area contributed by atoms with Crippen LogP contribution in [-0.2, 0) is 6.61 Å². The number of rotatable bonds is 6. The van der Waals surface area contributed by atoms with Gasteiger partial charge in [0.2, 0.25) is 0 Å². The number of nitrogens with two attached hydrogens (primary N) is 1. The van der Waals surface area contributed by atoms with E-state index in [1.54, 1.807) is 0 Å². The molecule has 0 saturated heterocycles. The van der Waals surface area contributed by atoms with Crippen molar-refractivity contribution < 1.29 is 22.6 Å². The Kier molecular flexibility index (Phi) is 6.13. The topological polar surface area (TPSA) is 44.5 Å². The standard InChI is InChI=1S/C23H22F3NO2/c1-15-12-19(13-16(2)22(15)28-14-17-6-4-3-5-7-17)21(27)18-8-10-20(11-9-18)29-23(24,25)26/h3-13,21H,14,27H2,1-2H3/t21-/m0/s1. The third-order valence-corrected chi connectivity index (χ3v) is 4.54. The Morgan fingerprint density at radius 1 is 0.862 bits per heavy atom. The minimum Gasteiger partial charge on any atom is -0.488 e. The largest absolute Gasteiger partial charge is 0.573 e. The molecule has 3 aromatic carbocycles. The van der Waals surface area contributed by atoms with Crippen molar-refractivity contribution in [3.8, 4) is 11.5 Å². The van der Waals surface area contributed by atoms with Crippen LogP contribution >= 0.6 is 0 Å². The molecule has 0 amide bonds. The molecule has 3 rings (SSSR count). The van der Waals surface area contributed by atoms with E-state index in [9.17, 15) is 13.2 Å². The number of hydrogen-bond acceptors (Lipinski definition) is 3. The van der Waals surface area contributed by atoms with Gasteiger partial charge in [0.25, 0.3) is 0 Å². The minimum atomic E-state index is -4.71. The lowest BCUT2D eigenvalue weighted by molar-refractivity contribution is -0.274. The van der Waals surface area contributed by atoms with Crippen LogP contribution in [-0.4, -0.2) is 6.36 Å². The summed E-state index contributed by atoms with van der Waals surface area (Å²) in [5, 5.41) is 0. The maximum atomic E-state index is 12.3. The van der Waals surface area contributed by atoms with Crippen molar-refractivity contribution in [1.82, 2.24) is 0 Å². The molecule has 0 unspecified atom stereocenters. The van der Waals surface area contributed by atoms with Gasteiger partial charge in [-0.05, 0) is 53.8 Å². The predicted molar refractivity (Wildman–Crippen MR) is 106 cm³/mol. The Morgan fingerprint density at radius 2 is 1.45 bits per heavy atom. The lowest BCUT2D eigenvalue weighted by Gasteiger charge is -2.18. The number of aryl methyl sites for hydroxylation is 2. The van der Waals surface area contributed by atoms with Crippen molar-refractivity contribution in [2.45, 2.75) is 32.9 Å². The van der Waals surface area contributed by atoms with Crippen LogP contribution in [0.5, 0.6) is 11.5 Å². The summed E-state index contributed by atoms with van der Waals surface area (Å²) in [5.74, 6) is 0.532. The Balaban J connectivity index is 1.75. The molecule has 29 heavy (non-hydrogen) atoms. The average Bonchev–Trinajstić information content (AvgIpc) is 2.67. The monoisotopic (exact) mass is 401 g/mol. The van der Waals surface area contributed by atoms with E-state index < -0.39 is 12.4 Å². The Bertz CT molecular complexity index is 931. The third kappa shape index (κ3) is 5.51. The normalized spacial score (nSPS) is 12.5. The molecule has 0 aromatic heterocycles. The first-order chi connectivity index (χ1) is 13.7. The van der Waals surface area contributed by atoms with E-state index in [0.717, 1.165) is 28.0 Å². The molecule has 0 aliphatic heterocycles. The van der Waals surface area contributed by atoms with Crippen LogP contribution in [0.15, 0.2) is 66.7 Å². The molecule has 0 aliphatic carbocycles. The van der Waals surface area contributed by atoms with E-state index >= 15 is 0 Å². The highest BCUT2D eigenvalue weighted by Gasteiger charge is 2.31.